The largest absolute Gasteiger partial charge is 0.496 e. The van der Waals surface area contributed by atoms with Crippen LogP contribution in [0.4, 0.5) is 4.79 Å². The summed E-state index contributed by atoms with van der Waals surface area (Å²) in [7, 11) is 1.53. The molecule has 2 aliphatic heterocycles. The van der Waals surface area contributed by atoms with Crippen LogP contribution in [-0.2, 0) is 14.4 Å². The van der Waals surface area contributed by atoms with Crippen LogP contribution in [0.2, 0.25) is 0 Å². The van der Waals surface area contributed by atoms with Crippen molar-refractivity contribution in [1.29, 1.82) is 0 Å². The number of methoxy groups -OCH3 is 1. The van der Waals surface area contributed by atoms with Crippen molar-refractivity contribution in [3.05, 3.63) is 34.7 Å². The molecule has 0 unspecified atom stereocenters. The van der Waals surface area contributed by atoms with Crippen molar-refractivity contribution in [1.82, 2.24) is 15.1 Å². The second-order valence-corrected chi connectivity index (χ2v) is 7.69. The lowest BCUT2D eigenvalue weighted by molar-refractivity contribution is -0.129. The summed E-state index contributed by atoms with van der Waals surface area (Å²) in [5, 5.41) is 2.22. The van der Waals surface area contributed by atoms with Gasteiger partial charge in [0.05, 0.1) is 12.0 Å². The number of nitrogens with zero attached hydrogens (tertiary/aromatic N) is 2. The van der Waals surface area contributed by atoms with Gasteiger partial charge in [-0.15, -0.1) is 0 Å². The van der Waals surface area contributed by atoms with Crippen LogP contribution in [0, 0.1) is 0 Å². The van der Waals surface area contributed by atoms with Crippen LogP contribution in [0.1, 0.15) is 24.8 Å². The lowest BCUT2D eigenvalue weighted by Gasteiger charge is -2.16. The number of likely N-dealkylation sites (tertiary alicyclic amines) is 1. The van der Waals surface area contributed by atoms with E-state index in [4.69, 9.17) is 4.74 Å². The fourth-order valence-electron chi connectivity index (χ4n) is 3.20. The van der Waals surface area contributed by atoms with Crippen LogP contribution >= 0.6 is 11.8 Å². The molecule has 3 rings (SSSR count). The summed E-state index contributed by atoms with van der Waals surface area (Å²) >= 11 is 0.802. The minimum atomic E-state index is -0.497. The molecule has 0 bridgehead atoms. The van der Waals surface area contributed by atoms with E-state index in [0.717, 1.165) is 29.6 Å². The topological polar surface area (TPSA) is 96.0 Å². The SMILES string of the molecule is COc1ccccc1/C=C1/SC(=O)N(CC(=O)NCCCN2CCCC2=O)C1=O. The Hall–Kier alpha value is -2.81. The zero-order chi connectivity index (χ0) is 20.8. The van der Waals surface area contributed by atoms with Gasteiger partial charge in [-0.1, -0.05) is 18.2 Å². The van der Waals surface area contributed by atoms with Gasteiger partial charge in [0.1, 0.15) is 12.3 Å². The zero-order valence-electron chi connectivity index (χ0n) is 16.2. The molecule has 9 heteroatoms. The van der Waals surface area contributed by atoms with Crippen molar-refractivity contribution in [2.24, 2.45) is 0 Å². The van der Waals surface area contributed by atoms with Gasteiger partial charge >= 0.3 is 0 Å². The first-order valence-electron chi connectivity index (χ1n) is 9.42. The number of carbonyl (C=O) groups is 4. The summed E-state index contributed by atoms with van der Waals surface area (Å²) in [4.78, 5) is 51.4. The summed E-state index contributed by atoms with van der Waals surface area (Å²) in [6, 6.07) is 7.16. The van der Waals surface area contributed by atoms with Crippen molar-refractivity contribution in [3.8, 4) is 5.75 Å². The Labute approximate surface area is 173 Å². The highest BCUT2D eigenvalue weighted by Gasteiger charge is 2.36. The lowest BCUT2D eigenvalue weighted by Crippen LogP contribution is -2.40. The molecule has 8 nitrogen and oxygen atoms in total. The molecule has 29 heavy (non-hydrogen) atoms. The minimum Gasteiger partial charge on any atom is -0.496 e. The number of benzene rings is 1. The molecule has 0 aromatic heterocycles. The highest BCUT2D eigenvalue weighted by Crippen LogP contribution is 2.33. The maximum absolute atomic E-state index is 12.5. The Bertz CT molecular complexity index is 854. The van der Waals surface area contributed by atoms with Crippen LogP contribution in [0.5, 0.6) is 5.75 Å². The first-order chi connectivity index (χ1) is 14.0. The quantitative estimate of drug-likeness (QED) is 0.512. The van der Waals surface area contributed by atoms with Crippen LogP contribution < -0.4 is 10.1 Å². The highest BCUT2D eigenvalue weighted by atomic mass is 32.2. The van der Waals surface area contributed by atoms with Gasteiger partial charge in [-0.25, -0.2) is 0 Å². The van der Waals surface area contributed by atoms with Gasteiger partial charge in [0.2, 0.25) is 11.8 Å². The first kappa shape index (κ1) is 20.9. The monoisotopic (exact) mass is 417 g/mol. The number of hydrogen-bond acceptors (Lipinski definition) is 6. The van der Waals surface area contributed by atoms with Gasteiger partial charge in [-0.3, -0.25) is 24.1 Å². The van der Waals surface area contributed by atoms with E-state index < -0.39 is 17.1 Å². The molecular weight excluding hydrogens is 394 g/mol. The second kappa shape index (κ2) is 9.60. The van der Waals surface area contributed by atoms with Gasteiger partial charge in [0, 0.05) is 31.6 Å². The van der Waals surface area contributed by atoms with E-state index in [1.54, 1.807) is 23.1 Å². The van der Waals surface area contributed by atoms with Crippen LogP contribution in [0.3, 0.4) is 0 Å². The van der Waals surface area contributed by atoms with Crippen LogP contribution in [-0.4, -0.2) is 66.0 Å². The highest BCUT2D eigenvalue weighted by molar-refractivity contribution is 8.18. The molecule has 1 aromatic carbocycles. The predicted molar refractivity (Wildman–Crippen MR) is 109 cm³/mol. The van der Waals surface area contributed by atoms with Crippen molar-refractivity contribution < 1.29 is 23.9 Å². The minimum absolute atomic E-state index is 0.149. The molecule has 2 fully saturated rings. The molecule has 4 amide bonds. The maximum atomic E-state index is 12.5. The molecule has 154 valence electrons. The van der Waals surface area contributed by atoms with Crippen LogP contribution in [0.15, 0.2) is 29.2 Å². The van der Waals surface area contributed by atoms with E-state index in [0.29, 0.717) is 37.2 Å². The number of para-hydroxylation sites is 1. The molecule has 0 aliphatic carbocycles. The smallest absolute Gasteiger partial charge is 0.294 e. The lowest BCUT2D eigenvalue weighted by atomic mass is 10.2. The summed E-state index contributed by atoms with van der Waals surface area (Å²) in [6.07, 6.45) is 3.70. The number of carbonyl (C=O) groups excluding carboxylic acids is 4. The average Bonchev–Trinajstić information content (AvgIpc) is 3.23. The number of nitrogens with one attached hydrogen (secondary N) is 1. The summed E-state index contributed by atoms with van der Waals surface area (Å²) in [6.45, 7) is 1.43. The molecule has 0 spiro atoms. The Morgan fingerprint density at radius 1 is 1.28 bits per heavy atom. The average molecular weight is 417 g/mol. The number of thioether (sulfide) groups is 1. The van der Waals surface area contributed by atoms with Crippen LogP contribution in [0.25, 0.3) is 6.08 Å². The summed E-state index contributed by atoms with van der Waals surface area (Å²) in [5.41, 5.74) is 0.682. The molecule has 0 atom stereocenters. The summed E-state index contributed by atoms with van der Waals surface area (Å²) in [5.74, 6) is -0.160. The van der Waals surface area contributed by atoms with Gasteiger partial charge in [0.25, 0.3) is 11.1 Å². The molecule has 1 N–H and O–H groups in total. The normalized spacial score (nSPS) is 18.1. The van der Waals surface area contributed by atoms with Crippen molar-refractivity contribution in [3.63, 3.8) is 0 Å². The third-order valence-corrected chi connectivity index (χ3v) is 5.61. The summed E-state index contributed by atoms with van der Waals surface area (Å²) < 4.78 is 5.26. The number of amides is 4. The molecular formula is C20H23N3O5S. The van der Waals surface area contributed by atoms with Gasteiger partial charge in [-0.2, -0.15) is 0 Å². The van der Waals surface area contributed by atoms with Gasteiger partial charge < -0.3 is 15.0 Å². The number of rotatable bonds is 8. The molecule has 2 heterocycles. The molecule has 1 aromatic rings. The van der Waals surface area contributed by atoms with E-state index >= 15 is 0 Å². The van der Waals surface area contributed by atoms with Gasteiger partial charge in [0.15, 0.2) is 0 Å². The van der Waals surface area contributed by atoms with E-state index in [-0.39, 0.29) is 17.4 Å². The van der Waals surface area contributed by atoms with E-state index in [9.17, 15) is 19.2 Å². The number of imide groups is 1. The Kier molecular flexibility index (Phi) is 6.92. The fourth-order valence-corrected chi connectivity index (χ4v) is 4.03. The Balaban J connectivity index is 1.51. The van der Waals surface area contributed by atoms with E-state index in [2.05, 4.69) is 5.32 Å². The van der Waals surface area contributed by atoms with Crippen molar-refractivity contribution >= 4 is 40.8 Å². The third kappa shape index (κ3) is 5.17. The number of hydrogen-bond donors (Lipinski definition) is 1. The standard InChI is InChI=1S/C20H23N3O5S/c1-28-15-7-3-2-6-14(15)12-16-19(26)23(20(27)29-16)13-17(24)21-9-5-11-22-10-4-8-18(22)25/h2-3,6-7,12H,4-5,8-11,13H2,1H3,(H,21,24)/b16-12+. The maximum Gasteiger partial charge on any atom is 0.294 e. The Morgan fingerprint density at radius 3 is 2.79 bits per heavy atom. The zero-order valence-corrected chi connectivity index (χ0v) is 17.0. The third-order valence-electron chi connectivity index (χ3n) is 4.70. The first-order valence-corrected chi connectivity index (χ1v) is 10.2. The van der Waals surface area contributed by atoms with Gasteiger partial charge in [-0.05, 0) is 36.7 Å². The van der Waals surface area contributed by atoms with Crippen molar-refractivity contribution in [2.75, 3.05) is 33.3 Å². The van der Waals surface area contributed by atoms with E-state index in [1.165, 1.54) is 7.11 Å². The number of ether oxygens (including phenoxy) is 1. The molecule has 0 saturated carbocycles. The predicted octanol–water partition coefficient (Wildman–Crippen LogP) is 1.86. The fraction of sp³-hybridized carbons (Fsp3) is 0.400. The molecule has 2 aliphatic rings. The molecule has 0 radical (unpaired) electrons. The van der Waals surface area contributed by atoms with E-state index in [1.807, 2.05) is 12.1 Å². The molecule has 2 saturated heterocycles. The Morgan fingerprint density at radius 2 is 2.07 bits per heavy atom. The van der Waals surface area contributed by atoms with Crippen molar-refractivity contribution in [2.45, 2.75) is 19.3 Å². The second-order valence-electron chi connectivity index (χ2n) is 6.70.